The molecule has 0 bridgehead atoms. The van der Waals surface area contributed by atoms with Crippen LogP contribution in [-0.4, -0.2) is 27.1 Å². The summed E-state index contributed by atoms with van der Waals surface area (Å²) in [6, 6.07) is 4.18. The number of benzene rings is 1. The number of imidazole rings is 1. The van der Waals surface area contributed by atoms with E-state index in [1.54, 1.807) is 0 Å². The molecule has 1 aromatic heterocycles. The van der Waals surface area contributed by atoms with Crippen LogP contribution in [0.25, 0.3) is 11.0 Å². The Hall–Kier alpha value is -1.21. The van der Waals surface area contributed by atoms with E-state index in [-0.39, 0.29) is 0 Å². The van der Waals surface area contributed by atoms with E-state index >= 15 is 0 Å². The zero-order chi connectivity index (χ0) is 15.7. The second kappa shape index (κ2) is 6.12. The number of alkyl halides is 3. The molecule has 1 atom stereocenters. The normalized spacial score (nSPS) is 19.7. The van der Waals surface area contributed by atoms with Crippen LogP contribution < -0.4 is 5.32 Å². The van der Waals surface area contributed by atoms with Crippen molar-refractivity contribution in [3.8, 4) is 0 Å². The number of thioether (sulfide) groups is 1. The van der Waals surface area contributed by atoms with Crippen molar-refractivity contribution in [3.05, 3.63) is 29.6 Å². The van der Waals surface area contributed by atoms with Gasteiger partial charge < -0.3 is 9.88 Å². The van der Waals surface area contributed by atoms with Crippen molar-refractivity contribution in [2.45, 2.75) is 31.6 Å². The Balaban J connectivity index is 1.79. The first kappa shape index (κ1) is 15.7. The van der Waals surface area contributed by atoms with Crippen LogP contribution in [0.5, 0.6) is 0 Å². The second-order valence-corrected chi connectivity index (χ2v) is 6.73. The average molecular weight is 329 g/mol. The summed E-state index contributed by atoms with van der Waals surface area (Å²) in [5.74, 6) is 3.07. The molecule has 1 N–H and O–H groups in total. The fourth-order valence-corrected chi connectivity index (χ4v) is 3.83. The minimum absolute atomic E-state index is 0.396. The molecule has 1 fully saturated rings. The van der Waals surface area contributed by atoms with Gasteiger partial charge in [0.2, 0.25) is 0 Å². The maximum Gasteiger partial charge on any atom is 0.416 e. The summed E-state index contributed by atoms with van der Waals surface area (Å²) < 4.78 is 40.2. The van der Waals surface area contributed by atoms with Crippen LogP contribution in [0.4, 0.5) is 13.2 Å². The monoisotopic (exact) mass is 329 g/mol. The van der Waals surface area contributed by atoms with E-state index < -0.39 is 11.7 Å². The van der Waals surface area contributed by atoms with Gasteiger partial charge in [0.1, 0.15) is 5.82 Å². The van der Waals surface area contributed by atoms with E-state index in [1.165, 1.54) is 18.2 Å². The summed E-state index contributed by atoms with van der Waals surface area (Å²) in [6.45, 7) is 0.581. The number of halogens is 3. The van der Waals surface area contributed by atoms with Crippen molar-refractivity contribution in [3.63, 3.8) is 0 Å². The largest absolute Gasteiger partial charge is 0.416 e. The van der Waals surface area contributed by atoms with Gasteiger partial charge in [-0.3, -0.25) is 0 Å². The summed E-state index contributed by atoms with van der Waals surface area (Å²) in [7, 11) is 1.84. The lowest BCUT2D eigenvalue weighted by molar-refractivity contribution is -0.137. The van der Waals surface area contributed by atoms with E-state index in [9.17, 15) is 13.2 Å². The molecule has 3 rings (SSSR count). The fourth-order valence-electron chi connectivity index (χ4n) is 2.72. The van der Waals surface area contributed by atoms with Crippen LogP contribution in [0.3, 0.4) is 0 Å². The molecule has 0 unspecified atom stereocenters. The molecule has 120 valence electrons. The van der Waals surface area contributed by atoms with E-state index in [0.717, 1.165) is 35.6 Å². The number of nitrogens with zero attached hydrogens (tertiary/aromatic N) is 2. The summed E-state index contributed by atoms with van der Waals surface area (Å²) in [6.07, 6.45) is -1.97. The molecule has 0 aliphatic carbocycles. The summed E-state index contributed by atoms with van der Waals surface area (Å²) in [5.41, 5.74) is 0.469. The molecule has 1 aliphatic heterocycles. The van der Waals surface area contributed by atoms with Crippen molar-refractivity contribution in [1.82, 2.24) is 14.9 Å². The second-order valence-electron chi connectivity index (χ2n) is 5.58. The van der Waals surface area contributed by atoms with Gasteiger partial charge in [-0.05, 0) is 36.8 Å². The lowest BCUT2D eigenvalue weighted by Gasteiger charge is -2.22. The minimum Gasteiger partial charge on any atom is -0.330 e. The van der Waals surface area contributed by atoms with Crippen LogP contribution in [0, 0.1) is 0 Å². The third kappa shape index (κ3) is 3.25. The van der Waals surface area contributed by atoms with E-state index in [1.807, 2.05) is 23.4 Å². The van der Waals surface area contributed by atoms with Gasteiger partial charge in [0.05, 0.1) is 23.1 Å². The van der Waals surface area contributed by atoms with Gasteiger partial charge in [0, 0.05) is 18.8 Å². The lowest BCUT2D eigenvalue weighted by Crippen LogP contribution is -2.33. The van der Waals surface area contributed by atoms with Gasteiger partial charge in [-0.1, -0.05) is 0 Å². The molecule has 0 spiro atoms. The summed E-state index contributed by atoms with van der Waals surface area (Å²) >= 11 is 1.94. The lowest BCUT2D eigenvalue weighted by atomic mass is 10.2. The maximum atomic E-state index is 12.8. The molecule has 3 nitrogen and oxygen atoms in total. The van der Waals surface area contributed by atoms with Crippen molar-refractivity contribution in [1.29, 1.82) is 0 Å². The number of nitrogens with one attached hydrogen (secondary N) is 1. The van der Waals surface area contributed by atoms with Crippen molar-refractivity contribution < 1.29 is 13.2 Å². The zero-order valence-corrected chi connectivity index (χ0v) is 13.1. The average Bonchev–Trinajstić information content (AvgIpc) is 2.81. The van der Waals surface area contributed by atoms with Gasteiger partial charge in [-0.25, -0.2) is 4.98 Å². The molecular weight excluding hydrogens is 311 g/mol. The number of hydrogen-bond donors (Lipinski definition) is 1. The predicted octanol–water partition coefficient (Wildman–Crippen LogP) is 3.58. The molecule has 2 heterocycles. The summed E-state index contributed by atoms with van der Waals surface area (Å²) in [5, 5.41) is 3.46. The highest BCUT2D eigenvalue weighted by atomic mass is 32.2. The Labute approximate surface area is 131 Å². The summed E-state index contributed by atoms with van der Waals surface area (Å²) in [4.78, 5) is 4.36. The van der Waals surface area contributed by atoms with Gasteiger partial charge in [0.25, 0.3) is 0 Å². The fraction of sp³-hybridized carbons (Fsp3) is 0.533. The van der Waals surface area contributed by atoms with Crippen LogP contribution in [0.1, 0.15) is 24.2 Å². The Morgan fingerprint density at radius 2 is 2.23 bits per heavy atom. The van der Waals surface area contributed by atoms with Crippen molar-refractivity contribution in [2.75, 3.05) is 11.5 Å². The standard InChI is InChI=1S/C15H18F3N3S/c1-21-13-5-4-10(15(16,17)18)7-12(13)20-14(21)8-19-11-3-2-6-22-9-11/h4-5,7,11,19H,2-3,6,8-9H2,1H3/t11-/m1/s1. The zero-order valence-electron chi connectivity index (χ0n) is 12.3. The van der Waals surface area contributed by atoms with Crippen LogP contribution in [-0.2, 0) is 19.8 Å². The Bertz CT molecular complexity index is 660. The molecule has 22 heavy (non-hydrogen) atoms. The number of hydrogen-bond acceptors (Lipinski definition) is 3. The molecule has 0 amide bonds. The first-order valence-electron chi connectivity index (χ1n) is 7.29. The Morgan fingerprint density at radius 1 is 1.41 bits per heavy atom. The van der Waals surface area contributed by atoms with E-state index in [0.29, 0.717) is 18.1 Å². The van der Waals surface area contributed by atoms with Crippen molar-refractivity contribution in [2.24, 2.45) is 7.05 Å². The maximum absolute atomic E-state index is 12.8. The number of rotatable bonds is 3. The van der Waals surface area contributed by atoms with Gasteiger partial charge in [0.15, 0.2) is 0 Å². The first-order chi connectivity index (χ1) is 10.4. The quantitative estimate of drug-likeness (QED) is 0.933. The smallest absolute Gasteiger partial charge is 0.330 e. The molecule has 7 heteroatoms. The highest BCUT2D eigenvalue weighted by molar-refractivity contribution is 7.99. The van der Waals surface area contributed by atoms with Crippen LogP contribution in [0.15, 0.2) is 18.2 Å². The van der Waals surface area contributed by atoms with Gasteiger partial charge in [-0.2, -0.15) is 24.9 Å². The highest BCUT2D eigenvalue weighted by Gasteiger charge is 2.31. The topological polar surface area (TPSA) is 29.9 Å². The molecule has 0 radical (unpaired) electrons. The Morgan fingerprint density at radius 3 is 2.91 bits per heavy atom. The SMILES string of the molecule is Cn1c(CN[C@@H]2CCCSC2)nc2cc(C(F)(F)F)ccc21. The third-order valence-corrected chi connectivity index (χ3v) is 5.23. The number of aromatic nitrogens is 2. The molecule has 1 aliphatic rings. The van der Waals surface area contributed by atoms with Crippen molar-refractivity contribution >= 4 is 22.8 Å². The van der Waals surface area contributed by atoms with E-state index in [4.69, 9.17) is 0 Å². The number of fused-ring (bicyclic) bond motifs is 1. The molecule has 1 saturated heterocycles. The predicted molar refractivity (Wildman–Crippen MR) is 82.9 cm³/mol. The number of aryl methyl sites for hydroxylation is 1. The molecule has 1 aromatic carbocycles. The third-order valence-electron chi connectivity index (χ3n) is 4.01. The minimum atomic E-state index is -4.33. The molecule has 0 saturated carbocycles. The molecule has 2 aromatic rings. The van der Waals surface area contributed by atoms with Crippen LogP contribution in [0.2, 0.25) is 0 Å². The van der Waals surface area contributed by atoms with Gasteiger partial charge >= 0.3 is 6.18 Å². The Kier molecular flexibility index (Phi) is 4.36. The first-order valence-corrected chi connectivity index (χ1v) is 8.44. The van der Waals surface area contributed by atoms with Crippen LogP contribution >= 0.6 is 11.8 Å². The van der Waals surface area contributed by atoms with E-state index in [2.05, 4.69) is 10.3 Å². The highest BCUT2D eigenvalue weighted by Crippen LogP contribution is 2.31. The molecular formula is C15H18F3N3S. The van der Waals surface area contributed by atoms with Gasteiger partial charge in [-0.15, -0.1) is 0 Å².